The first-order valence-electron chi connectivity index (χ1n) is 4.60. The van der Waals surface area contributed by atoms with Gasteiger partial charge in [-0.2, -0.15) is 0 Å². The zero-order chi connectivity index (χ0) is 9.52. The fraction of sp³-hybridized carbons (Fsp3) is 0.667. The predicted molar refractivity (Wildman–Crippen MR) is 50.3 cm³/mol. The molecule has 1 amide bonds. The Labute approximate surface area is 78.0 Å². The second-order valence-electron chi connectivity index (χ2n) is 3.08. The van der Waals surface area contributed by atoms with Gasteiger partial charge >= 0.3 is 0 Å². The molecule has 1 atom stereocenters. The number of hydrogen-bond donors (Lipinski definition) is 3. The number of nitrogens with one attached hydrogen (secondary N) is 2. The number of amides is 1. The Hall–Kier alpha value is -0.870. The van der Waals surface area contributed by atoms with E-state index in [4.69, 9.17) is 5.11 Å². The summed E-state index contributed by atoms with van der Waals surface area (Å²) in [5.74, 6) is 0.0916. The van der Waals surface area contributed by atoms with Gasteiger partial charge in [0.1, 0.15) is 0 Å². The Bertz CT molecular complexity index is 192. The average molecular weight is 184 g/mol. The van der Waals surface area contributed by atoms with Gasteiger partial charge in [-0.3, -0.25) is 4.79 Å². The number of aliphatic hydroxyl groups excluding tert-OH is 1. The normalized spacial score (nSPS) is 27.8. The lowest BCUT2D eigenvalue weighted by atomic mass is 10.2. The van der Waals surface area contributed by atoms with Crippen molar-refractivity contribution in [2.45, 2.75) is 18.9 Å². The van der Waals surface area contributed by atoms with Crippen LogP contribution >= 0.6 is 0 Å². The fourth-order valence-corrected chi connectivity index (χ4v) is 1.22. The van der Waals surface area contributed by atoms with Crippen LogP contribution in [-0.4, -0.2) is 36.8 Å². The van der Waals surface area contributed by atoms with Gasteiger partial charge in [-0.15, -0.1) is 0 Å². The van der Waals surface area contributed by atoms with Gasteiger partial charge in [-0.25, -0.2) is 0 Å². The van der Waals surface area contributed by atoms with Crippen LogP contribution in [0.1, 0.15) is 12.8 Å². The molecule has 0 fully saturated rings. The van der Waals surface area contributed by atoms with Gasteiger partial charge in [-0.05, 0) is 13.0 Å². The van der Waals surface area contributed by atoms with Crippen LogP contribution in [-0.2, 0) is 4.79 Å². The summed E-state index contributed by atoms with van der Waals surface area (Å²) < 4.78 is 0. The molecule has 74 valence electrons. The Morgan fingerprint density at radius 3 is 3.23 bits per heavy atom. The maximum absolute atomic E-state index is 11.0. The fourth-order valence-electron chi connectivity index (χ4n) is 1.22. The van der Waals surface area contributed by atoms with Crippen LogP contribution in [0.25, 0.3) is 0 Å². The number of hydrogen-bond acceptors (Lipinski definition) is 3. The van der Waals surface area contributed by atoms with Crippen LogP contribution < -0.4 is 10.6 Å². The van der Waals surface area contributed by atoms with Crippen LogP contribution in [0.15, 0.2) is 12.2 Å². The van der Waals surface area contributed by atoms with Gasteiger partial charge in [0.05, 0.1) is 6.61 Å². The summed E-state index contributed by atoms with van der Waals surface area (Å²) in [6.07, 6.45) is 5.11. The molecular weight excluding hydrogens is 168 g/mol. The molecule has 0 bridgehead atoms. The first kappa shape index (κ1) is 10.2. The molecule has 1 aliphatic rings. The van der Waals surface area contributed by atoms with Crippen molar-refractivity contribution < 1.29 is 9.90 Å². The highest BCUT2D eigenvalue weighted by Crippen LogP contribution is 1.92. The van der Waals surface area contributed by atoms with Gasteiger partial charge in [0.25, 0.3) is 0 Å². The molecule has 1 heterocycles. The molecule has 0 saturated heterocycles. The molecule has 1 aliphatic heterocycles. The van der Waals surface area contributed by atoms with Crippen molar-refractivity contribution in [3.63, 3.8) is 0 Å². The lowest BCUT2D eigenvalue weighted by molar-refractivity contribution is -0.120. The number of carbonyl (C=O) groups is 1. The lowest BCUT2D eigenvalue weighted by Crippen LogP contribution is -2.34. The molecule has 0 aromatic heterocycles. The molecule has 0 aliphatic carbocycles. The maximum Gasteiger partial charge on any atom is 0.220 e. The third-order valence-corrected chi connectivity index (χ3v) is 1.97. The second-order valence-corrected chi connectivity index (χ2v) is 3.08. The Kier molecular flexibility index (Phi) is 4.49. The van der Waals surface area contributed by atoms with E-state index < -0.39 is 0 Å². The summed E-state index contributed by atoms with van der Waals surface area (Å²) >= 11 is 0. The zero-order valence-corrected chi connectivity index (χ0v) is 7.62. The minimum atomic E-state index is 0.0232. The van der Waals surface area contributed by atoms with Gasteiger partial charge in [-0.1, -0.05) is 12.2 Å². The van der Waals surface area contributed by atoms with E-state index in [9.17, 15) is 4.79 Å². The van der Waals surface area contributed by atoms with E-state index in [1.807, 2.05) is 12.2 Å². The number of rotatable bonds is 1. The highest BCUT2D eigenvalue weighted by atomic mass is 16.3. The minimum absolute atomic E-state index is 0.0232. The summed E-state index contributed by atoms with van der Waals surface area (Å²) in [4.78, 5) is 11.0. The van der Waals surface area contributed by atoms with Crippen molar-refractivity contribution in [1.82, 2.24) is 10.6 Å². The van der Waals surface area contributed by atoms with E-state index in [1.54, 1.807) is 0 Å². The molecule has 13 heavy (non-hydrogen) atoms. The molecule has 1 rings (SSSR count). The predicted octanol–water partition coefficient (Wildman–Crippen LogP) is -0.597. The van der Waals surface area contributed by atoms with Crippen LogP contribution in [0.2, 0.25) is 0 Å². The third-order valence-electron chi connectivity index (χ3n) is 1.97. The SMILES string of the molecule is O=C1CCCNC(CO)/C=C\CN1. The first-order valence-corrected chi connectivity index (χ1v) is 4.60. The molecule has 4 heteroatoms. The molecule has 0 spiro atoms. The quantitative estimate of drug-likeness (QED) is 0.477. The van der Waals surface area contributed by atoms with Crippen LogP contribution in [0.3, 0.4) is 0 Å². The first-order chi connectivity index (χ1) is 6.33. The monoisotopic (exact) mass is 184 g/mol. The minimum Gasteiger partial charge on any atom is -0.394 e. The lowest BCUT2D eigenvalue weighted by Gasteiger charge is -2.13. The van der Waals surface area contributed by atoms with E-state index in [0.29, 0.717) is 13.0 Å². The average Bonchev–Trinajstić information content (AvgIpc) is 2.16. The molecule has 4 nitrogen and oxygen atoms in total. The molecule has 0 aromatic carbocycles. The van der Waals surface area contributed by atoms with Gasteiger partial charge < -0.3 is 15.7 Å². The van der Waals surface area contributed by atoms with Gasteiger partial charge in [0.2, 0.25) is 5.91 Å². The van der Waals surface area contributed by atoms with Crippen molar-refractivity contribution in [1.29, 1.82) is 0 Å². The number of aliphatic hydroxyl groups is 1. The van der Waals surface area contributed by atoms with E-state index in [1.165, 1.54) is 0 Å². The Balaban J connectivity index is 2.41. The molecule has 0 radical (unpaired) electrons. The van der Waals surface area contributed by atoms with Crippen molar-refractivity contribution in [2.24, 2.45) is 0 Å². The molecule has 0 aromatic rings. The van der Waals surface area contributed by atoms with E-state index in [0.717, 1.165) is 13.0 Å². The van der Waals surface area contributed by atoms with Crippen molar-refractivity contribution in [3.8, 4) is 0 Å². The third kappa shape index (κ3) is 4.05. The largest absolute Gasteiger partial charge is 0.394 e. The second kappa shape index (κ2) is 5.72. The Morgan fingerprint density at radius 2 is 2.46 bits per heavy atom. The van der Waals surface area contributed by atoms with Crippen LogP contribution in [0.5, 0.6) is 0 Å². The summed E-state index contributed by atoms with van der Waals surface area (Å²) in [7, 11) is 0. The smallest absolute Gasteiger partial charge is 0.220 e. The molecule has 0 saturated carbocycles. The molecule has 1 unspecified atom stereocenters. The molecule has 3 N–H and O–H groups in total. The van der Waals surface area contributed by atoms with E-state index in [-0.39, 0.29) is 18.6 Å². The molecular formula is C9H16N2O2. The van der Waals surface area contributed by atoms with Gasteiger partial charge in [0.15, 0.2) is 0 Å². The Morgan fingerprint density at radius 1 is 1.62 bits per heavy atom. The van der Waals surface area contributed by atoms with E-state index in [2.05, 4.69) is 10.6 Å². The summed E-state index contributed by atoms with van der Waals surface area (Å²) in [6, 6.07) is 0.0232. The van der Waals surface area contributed by atoms with E-state index >= 15 is 0 Å². The standard InChI is InChI=1S/C9H16N2O2/c12-7-8-3-1-6-11-9(13)4-2-5-10-8/h1,3,8,10,12H,2,4-7H2,(H,11,13)/b3-1-. The zero-order valence-electron chi connectivity index (χ0n) is 7.62. The highest BCUT2D eigenvalue weighted by Gasteiger charge is 2.05. The van der Waals surface area contributed by atoms with Crippen molar-refractivity contribution >= 4 is 5.91 Å². The summed E-state index contributed by atoms with van der Waals surface area (Å²) in [5.41, 5.74) is 0. The summed E-state index contributed by atoms with van der Waals surface area (Å²) in [6.45, 7) is 1.42. The van der Waals surface area contributed by atoms with Crippen molar-refractivity contribution in [3.05, 3.63) is 12.2 Å². The van der Waals surface area contributed by atoms with Gasteiger partial charge in [0, 0.05) is 19.0 Å². The maximum atomic E-state index is 11.0. The summed E-state index contributed by atoms with van der Waals surface area (Å²) in [5, 5.41) is 14.8. The van der Waals surface area contributed by atoms with Crippen molar-refractivity contribution in [2.75, 3.05) is 19.7 Å². The topological polar surface area (TPSA) is 61.4 Å². The highest BCUT2D eigenvalue weighted by molar-refractivity contribution is 5.75. The van der Waals surface area contributed by atoms with Crippen LogP contribution in [0, 0.1) is 0 Å². The number of carbonyl (C=O) groups excluding carboxylic acids is 1. The van der Waals surface area contributed by atoms with Crippen LogP contribution in [0.4, 0.5) is 0 Å².